The molecule has 12 nitrogen and oxygen atoms in total. The molecule has 3 aliphatic carbocycles. The molecule has 14 heteroatoms. The van der Waals surface area contributed by atoms with Gasteiger partial charge >= 0.3 is 0 Å². The lowest BCUT2D eigenvalue weighted by Crippen LogP contribution is -2.36. The molecule has 4 aromatic rings. The number of phenolic OH excluding ortho intramolecular Hbond substituents is 3. The number of aromatic amines is 1. The van der Waals surface area contributed by atoms with Crippen LogP contribution >= 0.6 is 34.2 Å². The number of phenols is 3. The lowest BCUT2D eigenvalue weighted by Gasteiger charge is -2.23. The molecule has 0 unspecified atom stereocenters. The Morgan fingerprint density at radius 1 is 1.00 bits per heavy atom. The maximum atomic E-state index is 14.2. The van der Waals surface area contributed by atoms with Crippen LogP contribution in [-0.4, -0.2) is 56.8 Å². The van der Waals surface area contributed by atoms with Gasteiger partial charge in [0.1, 0.15) is 29.3 Å². The van der Waals surface area contributed by atoms with Gasteiger partial charge in [-0.3, -0.25) is 24.0 Å². The summed E-state index contributed by atoms with van der Waals surface area (Å²) in [5.74, 6) is -6.77. The van der Waals surface area contributed by atoms with Crippen LogP contribution in [0.5, 0.6) is 17.2 Å². The van der Waals surface area contributed by atoms with E-state index < -0.39 is 79.4 Å². The van der Waals surface area contributed by atoms with Gasteiger partial charge in [0.2, 0.25) is 5.78 Å². The summed E-state index contributed by atoms with van der Waals surface area (Å²) in [7, 11) is 1.13. The highest BCUT2D eigenvalue weighted by atomic mass is 127. The van der Waals surface area contributed by atoms with E-state index in [1.54, 1.807) is 30.3 Å². The number of halogens is 2. The van der Waals surface area contributed by atoms with Crippen LogP contribution in [0.25, 0.3) is 10.8 Å². The third-order valence-corrected chi connectivity index (χ3v) is 10.2. The number of allylic oxidation sites excluding steroid dienone is 2. The van der Waals surface area contributed by atoms with E-state index in [2.05, 4.69) is 10.1 Å². The number of carbonyl (C=O) groups excluding carboxylic acids is 4. The fourth-order valence-corrected chi connectivity index (χ4v) is 7.88. The highest BCUT2D eigenvalue weighted by molar-refractivity contribution is 14.1. The minimum absolute atomic E-state index is 0.107. The van der Waals surface area contributed by atoms with Gasteiger partial charge in [0, 0.05) is 25.6 Å². The van der Waals surface area contributed by atoms with Crippen molar-refractivity contribution < 1.29 is 44.1 Å². The van der Waals surface area contributed by atoms with Crippen molar-refractivity contribution in [2.75, 3.05) is 7.11 Å². The molecule has 7 rings (SSSR count). The Bertz CT molecular complexity index is 2310. The predicted octanol–water partition coefficient (Wildman–Crippen LogP) is 4.63. The summed E-state index contributed by atoms with van der Waals surface area (Å²) >= 11 is 7.96. The van der Waals surface area contributed by atoms with Crippen LogP contribution in [0, 0.1) is 3.57 Å². The summed E-state index contributed by atoms with van der Waals surface area (Å²) in [6.45, 7) is 0.119. The molecule has 1 aromatic heterocycles. The lowest BCUT2D eigenvalue weighted by atomic mass is 9.76. The van der Waals surface area contributed by atoms with Gasteiger partial charge < -0.3 is 29.9 Å². The maximum absolute atomic E-state index is 14.2. The zero-order chi connectivity index (χ0) is 33.5. The minimum atomic E-state index is -2.14. The predicted molar refractivity (Wildman–Crippen MR) is 175 cm³/mol. The average Bonchev–Trinajstić information content (AvgIpc) is 3.55. The van der Waals surface area contributed by atoms with Crippen molar-refractivity contribution in [2.45, 2.75) is 24.9 Å². The van der Waals surface area contributed by atoms with Crippen molar-refractivity contribution in [2.24, 2.45) is 5.16 Å². The Balaban J connectivity index is 1.33. The van der Waals surface area contributed by atoms with Gasteiger partial charge in [0.25, 0.3) is 5.56 Å². The lowest BCUT2D eigenvalue weighted by molar-refractivity contribution is 0.0790. The number of fused-ring (bicyclic) bond motifs is 5. The van der Waals surface area contributed by atoms with Crippen molar-refractivity contribution >= 4 is 74.3 Å². The largest absolute Gasteiger partial charge is 0.507 e. The number of Topliss-reactive ketones (excluding diaryl/α,β-unsaturated/α-hetero) is 3. The molecule has 47 heavy (non-hydrogen) atoms. The van der Waals surface area contributed by atoms with Crippen LogP contribution in [0.4, 0.5) is 0 Å². The number of nitrogens with one attached hydrogen (secondary N) is 1. The summed E-state index contributed by atoms with van der Waals surface area (Å²) < 4.78 is 5.41. The molecule has 0 saturated heterocycles. The zero-order valence-electron chi connectivity index (χ0n) is 24.1. The monoisotopic (exact) mass is 766 g/mol. The van der Waals surface area contributed by atoms with Gasteiger partial charge in [-0.15, -0.1) is 0 Å². The van der Waals surface area contributed by atoms with Gasteiger partial charge in [0.05, 0.1) is 46.7 Å². The third kappa shape index (κ3) is 4.18. The number of pyridine rings is 1. The smallest absolute Gasteiger partial charge is 0.260 e. The highest BCUT2D eigenvalue weighted by Crippen LogP contribution is 2.58. The number of aromatic hydroxyl groups is 3. The van der Waals surface area contributed by atoms with Crippen LogP contribution in [-0.2, 0) is 28.0 Å². The Kier molecular flexibility index (Phi) is 7.02. The summed E-state index contributed by atoms with van der Waals surface area (Å²) in [4.78, 5) is 75.6. The molecule has 1 spiro atoms. The van der Waals surface area contributed by atoms with E-state index >= 15 is 0 Å². The molecule has 0 bridgehead atoms. The summed E-state index contributed by atoms with van der Waals surface area (Å²) in [5.41, 5.74) is -4.17. The molecule has 0 fully saturated rings. The van der Waals surface area contributed by atoms with Crippen molar-refractivity contribution in [3.05, 3.63) is 106 Å². The molecular weight excluding hydrogens is 747 g/mol. The maximum Gasteiger partial charge on any atom is 0.260 e. The van der Waals surface area contributed by atoms with Crippen molar-refractivity contribution in [1.29, 1.82) is 0 Å². The highest BCUT2D eigenvalue weighted by Gasteiger charge is 2.62. The SMILES string of the molecule is COC1=CC(=O)c2c(O)c3c(c(O)c2C1=O)C(=O)[C@]1(CCc2c1c(O)c1c(=O)[nH]c(C=NOCc4cccc(Cl)c4)cc1c2I)C3=O. The fourth-order valence-electron chi connectivity index (χ4n) is 6.70. The second-order valence-electron chi connectivity index (χ2n) is 11.2. The van der Waals surface area contributed by atoms with Gasteiger partial charge in [-0.2, -0.15) is 0 Å². The number of nitrogens with zero attached hydrogens (tertiary/aromatic N) is 1. The van der Waals surface area contributed by atoms with Crippen LogP contribution in [0.2, 0.25) is 5.02 Å². The number of aromatic nitrogens is 1. The average molecular weight is 767 g/mol. The standard InChI is InChI=1S/C33H20ClIN2O10/c1-46-18-9-17(38)20-21(26(18)39)28(41)23-22(27(20)40)30(43)33(31(23)44)6-5-15-24(33)29(42)19-16(25(15)35)8-14(37-32(19)45)10-36-47-11-12-3-2-4-13(34)7-12/h2-4,7-10,40-42H,5-6,11H2,1H3,(H,37,45)/t33-/m0/s1. The van der Waals surface area contributed by atoms with Gasteiger partial charge in [-0.1, -0.05) is 28.9 Å². The van der Waals surface area contributed by atoms with Gasteiger partial charge in [0.15, 0.2) is 23.1 Å². The Morgan fingerprint density at radius 2 is 1.70 bits per heavy atom. The number of rotatable bonds is 5. The first-order valence-electron chi connectivity index (χ1n) is 14.0. The Hall–Kier alpha value is -5.02. The summed E-state index contributed by atoms with van der Waals surface area (Å²) in [6.07, 6.45) is 2.03. The molecule has 1 atom stereocenters. The Morgan fingerprint density at radius 3 is 2.38 bits per heavy atom. The topological polar surface area (TPSA) is 193 Å². The summed E-state index contributed by atoms with van der Waals surface area (Å²) in [5, 5.41) is 38.6. The fraction of sp³-hybridized carbons (Fsp3) is 0.152. The molecule has 0 aliphatic heterocycles. The molecule has 3 aromatic carbocycles. The molecule has 4 N–H and O–H groups in total. The normalized spacial score (nSPS) is 18.2. The first-order chi connectivity index (χ1) is 22.4. The molecule has 0 saturated carbocycles. The van der Waals surface area contributed by atoms with Crippen LogP contribution in [0.1, 0.15) is 70.2 Å². The molecule has 1 heterocycles. The number of hydrogen-bond donors (Lipinski definition) is 4. The summed E-state index contributed by atoms with van der Waals surface area (Å²) in [6, 6.07) is 8.58. The van der Waals surface area contributed by atoms with Gasteiger partial charge in [-0.05, 0) is 64.8 Å². The molecule has 0 radical (unpaired) electrons. The number of benzene rings is 3. The number of oxime groups is 1. The number of ketones is 4. The number of ether oxygens (including phenoxy) is 1. The first kappa shape index (κ1) is 30.6. The molecule has 0 amide bonds. The number of methoxy groups -OCH3 is 1. The quantitative estimate of drug-likeness (QED) is 0.0733. The van der Waals surface area contributed by atoms with E-state index in [4.69, 9.17) is 21.2 Å². The second-order valence-corrected chi connectivity index (χ2v) is 12.7. The Labute approximate surface area is 282 Å². The van der Waals surface area contributed by atoms with Crippen molar-refractivity contribution in [1.82, 2.24) is 4.98 Å². The van der Waals surface area contributed by atoms with E-state index in [-0.39, 0.29) is 36.1 Å². The zero-order valence-corrected chi connectivity index (χ0v) is 27.0. The number of H-pyrrole nitrogens is 1. The molecule has 3 aliphatic rings. The van der Waals surface area contributed by atoms with E-state index in [0.717, 1.165) is 18.7 Å². The molecular formula is C33H20ClIN2O10. The van der Waals surface area contributed by atoms with Crippen LogP contribution < -0.4 is 5.56 Å². The van der Waals surface area contributed by atoms with Gasteiger partial charge in [-0.25, -0.2) is 0 Å². The number of carbonyl (C=O) groups is 4. The first-order valence-corrected chi connectivity index (χ1v) is 15.4. The minimum Gasteiger partial charge on any atom is -0.507 e. The molecule has 236 valence electrons. The third-order valence-electron chi connectivity index (χ3n) is 8.75. The van der Waals surface area contributed by atoms with Crippen molar-refractivity contribution in [3.8, 4) is 17.2 Å². The van der Waals surface area contributed by atoms with Crippen LogP contribution in [0.3, 0.4) is 0 Å². The van der Waals surface area contributed by atoms with E-state index in [1.165, 1.54) is 6.21 Å². The van der Waals surface area contributed by atoms with E-state index in [1.807, 2.05) is 22.6 Å². The number of hydrogen-bond acceptors (Lipinski definition) is 11. The van der Waals surface area contributed by atoms with Crippen LogP contribution in [0.15, 0.2) is 52.1 Å². The van der Waals surface area contributed by atoms with Crippen molar-refractivity contribution in [3.63, 3.8) is 0 Å². The van der Waals surface area contributed by atoms with E-state index in [0.29, 0.717) is 19.5 Å². The van der Waals surface area contributed by atoms with E-state index in [9.17, 15) is 39.3 Å². The second kappa shape index (κ2) is 10.8.